The van der Waals surface area contributed by atoms with Crippen LogP contribution in [0.2, 0.25) is 0 Å². The van der Waals surface area contributed by atoms with E-state index in [1.165, 1.54) is 12.0 Å². The summed E-state index contributed by atoms with van der Waals surface area (Å²) in [6, 6.07) is 0. The second kappa shape index (κ2) is 7.59. The Morgan fingerprint density at radius 3 is 2.14 bits per heavy atom. The molecule has 7 atom stereocenters. The fourth-order valence-corrected chi connectivity index (χ4v) is 5.83. The number of alkyl halides is 1. The van der Waals surface area contributed by atoms with Crippen molar-refractivity contribution in [2.24, 2.45) is 40.9 Å². The monoisotopic (exact) mass is 422 g/mol. The Morgan fingerprint density at radius 1 is 1.24 bits per heavy atom. The highest BCUT2D eigenvalue weighted by Gasteiger charge is 2.52. The molecule has 4 unspecified atom stereocenters. The van der Waals surface area contributed by atoms with Crippen LogP contribution in [-0.2, 0) is 0 Å². The zero-order valence-electron chi connectivity index (χ0n) is 15.0. The zero-order chi connectivity index (χ0) is 16.5. The van der Waals surface area contributed by atoms with Crippen molar-refractivity contribution in [3.63, 3.8) is 0 Å². The van der Waals surface area contributed by atoms with Crippen LogP contribution in [0.5, 0.6) is 0 Å². The molecule has 1 rings (SSSR count). The number of halogens is 1. The summed E-state index contributed by atoms with van der Waals surface area (Å²) >= 11 is 7.15. The van der Waals surface area contributed by atoms with Crippen LogP contribution >= 0.6 is 35.2 Å². The van der Waals surface area contributed by atoms with E-state index in [0.717, 1.165) is 17.6 Å². The highest BCUT2D eigenvalue weighted by Crippen LogP contribution is 2.58. The van der Waals surface area contributed by atoms with Gasteiger partial charge in [0.1, 0.15) is 0 Å². The van der Waals surface area contributed by atoms with E-state index in [1.807, 2.05) is 0 Å². The van der Waals surface area contributed by atoms with Gasteiger partial charge in [-0.3, -0.25) is 0 Å². The Bertz CT molecular complexity index is 363. The zero-order valence-corrected chi connectivity index (χ0v) is 18.0. The third-order valence-corrected chi connectivity index (χ3v) is 8.13. The molecule has 0 nitrogen and oxygen atoms in total. The summed E-state index contributed by atoms with van der Waals surface area (Å²) in [5.41, 5.74) is 1.86. The quantitative estimate of drug-likeness (QED) is 0.222. The summed E-state index contributed by atoms with van der Waals surface area (Å²) in [6.07, 6.45) is 1.29. The molecule has 0 saturated heterocycles. The number of hydrogen-bond acceptors (Lipinski definition) is 1. The molecule has 0 bridgehead atoms. The predicted molar refractivity (Wildman–Crippen MR) is 109 cm³/mol. The van der Waals surface area contributed by atoms with Crippen LogP contribution in [0.3, 0.4) is 0 Å². The SMILES string of the molecule is C=C1[C@@H](C)C(C)(C(C)C)C(C)C(CC(C)CS)[C@H]1[C@H](C)I. The third kappa shape index (κ3) is 3.67. The molecule has 0 aromatic rings. The first-order chi connectivity index (χ1) is 9.58. The average Bonchev–Trinajstić information content (AvgIpc) is 2.41. The summed E-state index contributed by atoms with van der Waals surface area (Å²) < 4.78 is 0.661. The van der Waals surface area contributed by atoms with Crippen molar-refractivity contribution in [2.75, 3.05) is 5.75 Å². The van der Waals surface area contributed by atoms with Crippen LogP contribution in [0.25, 0.3) is 0 Å². The molecule has 0 amide bonds. The molecule has 1 fully saturated rings. The van der Waals surface area contributed by atoms with Gasteiger partial charge in [0.25, 0.3) is 0 Å². The molecule has 1 aliphatic carbocycles. The summed E-state index contributed by atoms with van der Waals surface area (Å²) in [5.74, 6) is 5.13. The maximum atomic E-state index is 4.57. The first-order valence-corrected chi connectivity index (χ1v) is 10.4. The van der Waals surface area contributed by atoms with Gasteiger partial charge in [0.15, 0.2) is 0 Å². The molecule has 1 aliphatic rings. The van der Waals surface area contributed by atoms with Crippen molar-refractivity contribution in [1.82, 2.24) is 0 Å². The van der Waals surface area contributed by atoms with Crippen molar-refractivity contribution in [3.05, 3.63) is 12.2 Å². The minimum Gasteiger partial charge on any atom is -0.179 e. The van der Waals surface area contributed by atoms with Gasteiger partial charge in [0, 0.05) is 3.92 Å². The second-order valence-corrected chi connectivity index (χ2v) is 10.3. The van der Waals surface area contributed by atoms with Gasteiger partial charge in [-0.15, -0.1) is 0 Å². The van der Waals surface area contributed by atoms with E-state index in [9.17, 15) is 0 Å². The average molecular weight is 422 g/mol. The molecule has 2 heteroatoms. The predicted octanol–water partition coefficient (Wildman–Crippen LogP) is 6.50. The minimum atomic E-state index is 0.361. The number of allylic oxidation sites excluding steroid dienone is 1. The van der Waals surface area contributed by atoms with E-state index in [0.29, 0.717) is 33.0 Å². The lowest BCUT2D eigenvalue weighted by atomic mass is 9.49. The molecular formula is C19H35IS. The van der Waals surface area contributed by atoms with Gasteiger partial charge >= 0.3 is 0 Å². The van der Waals surface area contributed by atoms with Gasteiger partial charge in [-0.05, 0) is 53.1 Å². The summed E-state index contributed by atoms with van der Waals surface area (Å²) in [5, 5.41) is 0. The smallest absolute Gasteiger partial charge is 0.0149 e. The molecule has 0 aromatic carbocycles. The first kappa shape index (κ1) is 19.9. The highest BCUT2D eigenvalue weighted by atomic mass is 127. The molecule has 0 aromatic heterocycles. The van der Waals surface area contributed by atoms with Gasteiger partial charge in [0.2, 0.25) is 0 Å². The van der Waals surface area contributed by atoms with Gasteiger partial charge in [-0.1, -0.05) is 83.2 Å². The fraction of sp³-hybridized carbons (Fsp3) is 0.895. The first-order valence-electron chi connectivity index (χ1n) is 8.52. The van der Waals surface area contributed by atoms with Gasteiger partial charge in [-0.25, -0.2) is 0 Å². The maximum Gasteiger partial charge on any atom is 0.0149 e. The van der Waals surface area contributed by atoms with E-state index in [1.54, 1.807) is 0 Å². The third-order valence-electron chi connectivity index (χ3n) is 6.73. The molecule has 0 heterocycles. The Hall–Kier alpha value is 0.820. The van der Waals surface area contributed by atoms with Crippen LogP contribution in [0, 0.1) is 40.9 Å². The topological polar surface area (TPSA) is 0 Å². The molecule has 0 aliphatic heterocycles. The van der Waals surface area contributed by atoms with Gasteiger partial charge < -0.3 is 0 Å². The van der Waals surface area contributed by atoms with Crippen LogP contribution in [0.15, 0.2) is 12.2 Å². The number of hydrogen-bond donors (Lipinski definition) is 1. The lowest BCUT2D eigenvalue weighted by Crippen LogP contribution is -2.51. The second-order valence-electron chi connectivity index (χ2n) is 8.00. The summed E-state index contributed by atoms with van der Waals surface area (Å²) in [4.78, 5) is 0. The molecule has 21 heavy (non-hydrogen) atoms. The van der Waals surface area contributed by atoms with Crippen LogP contribution in [0.4, 0.5) is 0 Å². The van der Waals surface area contributed by atoms with Crippen LogP contribution < -0.4 is 0 Å². The molecule has 124 valence electrons. The minimum absolute atomic E-state index is 0.361. The summed E-state index contributed by atoms with van der Waals surface area (Å²) in [6.45, 7) is 21.5. The van der Waals surface area contributed by atoms with E-state index in [2.05, 4.69) is 90.3 Å². The molecular weight excluding hydrogens is 387 g/mol. The Morgan fingerprint density at radius 2 is 1.76 bits per heavy atom. The van der Waals surface area contributed by atoms with Crippen LogP contribution in [0.1, 0.15) is 54.9 Å². The fourth-order valence-electron chi connectivity index (χ4n) is 4.68. The molecule has 1 saturated carbocycles. The lowest BCUT2D eigenvalue weighted by molar-refractivity contribution is -0.0238. The Labute approximate surface area is 152 Å². The normalized spacial score (nSPS) is 40.4. The standard InChI is InChI=1S/C19H35IS/c1-11(2)19(8)14(5)13(4)18(16(7)20)17(15(19)6)9-12(3)10-21/h11-12,14-18,21H,4,9-10H2,1-3,5-8H3/t12?,14-,15?,16+,17?,18-,19?/m1/s1. The van der Waals surface area contributed by atoms with Crippen molar-refractivity contribution in [2.45, 2.75) is 58.8 Å². The highest BCUT2D eigenvalue weighted by molar-refractivity contribution is 14.1. The van der Waals surface area contributed by atoms with Crippen molar-refractivity contribution < 1.29 is 0 Å². The van der Waals surface area contributed by atoms with Crippen molar-refractivity contribution >= 4 is 35.2 Å². The largest absolute Gasteiger partial charge is 0.179 e. The molecule has 0 N–H and O–H groups in total. The van der Waals surface area contributed by atoms with E-state index >= 15 is 0 Å². The molecule has 0 spiro atoms. The maximum absolute atomic E-state index is 4.57. The van der Waals surface area contributed by atoms with E-state index in [-0.39, 0.29) is 0 Å². The Balaban J connectivity index is 3.23. The van der Waals surface area contributed by atoms with E-state index < -0.39 is 0 Å². The van der Waals surface area contributed by atoms with Gasteiger partial charge in [-0.2, -0.15) is 12.6 Å². The van der Waals surface area contributed by atoms with E-state index in [4.69, 9.17) is 0 Å². The van der Waals surface area contributed by atoms with Crippen molar-refractivity contribution in [1.29, 1.82) is 0 Å². The van der Waals surface area contributed by atoms with Gasteiger partial charge in [0.05, 0.1) is 0 Å². The summed E-state index contributed by atoms with van der Waals surface area (Å²) in [7, 11) is 0. The Kier molecular flexibility index (Phi) is 7.18. The van der Waals surface area contributed by atoms with Crippen molar-refractivity contribution in [3.8, 4) is 0 Å². The lowest BCUT2D eigenvalue weighted by Gasteiger charge is -2.57. The number of thiol groups is 1. The molecule has 0 radical (unpaired) electrons. The van der Waals surface area contributed by atoms with Crippen LogP contribution in [-0.4, -0.2) is 9.68 Å². The number of rotatable bonds is 5.